The molecule has 1 aromatic rings. The fourth-order valence-corrected chi connectivity index (χ4v) is 3.79. The van der Waals surface area contributed by atoms with Crippen molar-refractivity contribution in [2.24, 2.45) is 10.9 Å². The first-order valence-corrected chi connectivity index (χ1v) is 9.05. The van der Waals surface area contributed by atoms with E-state index in [-0.39, 0.29) is 24.0 Å². The molecule has 4 nitrogen and oxygen atoms in total. The maximum absolute atomic E-state index is 4.37. The normalized spacial score (nSPS) is 26.8. The highest BCUT2D eigenvalue weighted by atomic mass is 127. The van der Waals surface area contributed by atoms with Crippen molar-refractivity contribution in [2.75, 3.05) is 33.2 Å². The minimum Gasteiger partial charge on any atom is -0.356 e. The van der Waals surface area contributed by atoms with E-state index in [4.69, 9.17) is 0 Å². The van der Waals surface area contributed by atoms with Gasteiger partial charge in [0.05, 0.1) is 0 Å². The van der Waals surface area contributed by atoms with Gasteiger partial charge in [-0.1, -0.05) is 37.3 Å². The van der Waals surface area contributed by atoms with Crippen molar-refractivity contribution < 1.29 is 0 Å². The Bertz CT molecular complexity index is 519. The van der Waals surface area contributed by atoms with Gasteiger partial charge in [0.15, 0.2) is 5.96 Å². The summed E-state index contributed by atoms with van der Waals surface area (Å²) in [7, 11) is 1.86. The number of likely N-dealkylation sites (tertiary alicyclic amines) is 1. The van der Waals surface area contributed by atoms with E-state index in [0.29, 0.717) is 6.04 Å². The second-order valence-corrected chi connectivity index (χ2v) is 6.77. The summed E-state index contributed by atoms with van der Waals surface area (Å²) in [6, 6.07) is 11.5. The molecule has 2 aliphatic rings. The number of nitrogens with one attached hydrogen (secondary N) is 2. The maximum atomic E-state index is 4.37. The van der Waals surface area contributed by atoms with E-state index in [9.17, 15) is 0 Å². The van der Waals surface area contributed by atoms with Gasteiger partial charge in [0.2, 0.25) is 0 Å². The Morgan fingerprint density at radius 2 is 1.96 bits per heavy atom. The van der Waals surface area contributed by atoms with Crippen LogP contribution < -0.4 is 10.6 Å². The van der Waals surface area contributed by atoms with Crippen molar-refractivity contribution in [1.82, 2.24) is 15.5 Å². The van der Waals surface area contributed by atoms with E-state index in [1.807, 2.05) is 7.05 Å². The van der Waals surface area contributed by atoms with Crippen molar-refractivity contribution in [3.63, 3.8) is 0 Å². The van der Waals surface area contributed by atoms with Gasteiger partial charge >= 0.3 is 0 Å². The second-order valence-electron chi connectivity index (χ2n) is 6.77. The molecular weight excluding hydrogens is 411 g/mol. The smallest absolute Gasteiger partial charge is 0.191 e. The SMILES string of the molecule is CCN1CCCC1CNC(=NC)NCC1CC1c1ccccc1.I. The van der Waals surface area contributed by atoms with Gasteiger partial charge < -0.3 is 10.6 Å². The third-order valence-corrected chi connectivity index (χ3v) is 5.32. The quantitative estimate of drug-likeness (QED) is 0.404. The highest BCUT2D eigenvalue weighted by Gasteiger charge is 2.37. The van der Waals surface area contributed by atoms with Gasteiger partial charge in [-0.3, -0.25) is 9.89 Å². The third kappa shape index (κ3) is 5.09. The zero-order chi connectivity index (χ0) is 16.1. The fraction of sp³-hybridized carbons (Fsp3) is 0.632. The van der Waals surface area contributed by atoms with E-state index >= 15 is 0 Å². The van der Waals surface area contributed by atoms with Crippen LogP contribution >= 0.6 is 24.0 Å². The van der Waals surface area contributed by atoms with Gasteiger partial charge in [0.1, 0.15) is 0 Å². The summed E-state index contributed by atoms with van der Waals surface area (Å²) in [5.74, 6) is 2.42. The second kappa shape index (κ2) is 9.61. The van der Waals surface area contributed by atoms with E-state index in [1.165, 1.54) is 31.4 Å². The summed E-state index contributed by atoms with van der Waals surface area (Å²) in [6.07, 6.45) is 3.92. The van der Waals surface area contributed by atoms with Crippen LogP contribution in [0.15, 0.2) is 35.3 Å². The summed E-state index contributed by atoms with van der Waals surface area (Å²) >= 11 is 0. The lowest BCUT2D eigenvalue weighted by Gasteiger charge is -2.24. The lowest BCUT2D eigenvalue weighted by molar-refractivity contribution is 0.267. The van der Waals surface area contributed by atoms with E-state index in [0.717, 1.165) is 37.4 Å². The van der Waals surface area contributed by atoms with Crippen LogP contribution in [0.1, 0.15) is 37.7 Å². The molecule has 2 fully saturated rings. The summed E-state index contributed by atoms with van der Waals surface area (Å²) < 4.78 is 0. The first-order valence-electron chi connectivity index (χ1n) is 9.05. The first-order chi connectivity index (χ1) is 11.3. The van der Waals surface area contributed by atoms with Crippen LogP contribution in [-0.2, 0) is 0 Å². The van der Waals surface area contributed by atoms with Gasteiger partial charge in [0, 0.05) is 26.2 Å². The predicted octanol–water partition coefficient (Wildman–Crippen LogP) is 3.06. The Kier molecular flexibility index (Phi) is 7.81. The summed E-state index contributed by atoms with van der Waals surface area (Å²) in [6.45, 7) is 6.67. The molecule has 134 valence electrons. The van der Waals surface area contributed by atoms with Crippen LogP contribution in [0, 0.1) is 5.92 Å². The predicted molar refractivity (Wildman–Crippen MR) is 112 cm³/mol. The highest BCUT2D eigenvalue weighted by Crippen LogP contribution is 2.46. The van der Waals surface area contributed by atoms with Gasteiger partial charge in [-0.15, -0.1) is 24.0 Å². The molecule has 0 radical (unpaired) electrons. The number of benzene rings is 1. The molecule has 5 heteroatoms. The molecule has 24 heavy (non-hydrogen) atoms. The van der Waals surface area contributed by atoms with Gasteiger partial charge in [-0.25, -0.2) is 0 Å². The summed E-state index contributed by atoms with van der Waals surface area (Å²) in [4.78, 5) is 6.94. The summed E-state index contributed by atoms with van der Waals surface area (Å²) in [5, 5.41) is 7.02. The molecule has 0 bridgehead atoms. The van der Waals surface area contributed by atoms with Crippen LogP contribution in [0.25, 0.3) is 0 Å². The maximum Gasteiger partial charge on any atom is 0.191 e. The molecule has 1 aliphatic carbocycles. The lowest BCUT2D eigenvalue weighted by Crippen LogP contribution is -2.45. The average molecular weight is 442 g/mol. The molecule has 1 aliphatic heterocycles. The molecule has 0 amide bonds. The third-order valence-electron chi connectivity index (χ3n) is 5.32. The number of halogens is 1. The zero-order valence-corrected chi connectivity index (χ0v) is 17.2. The Morgan fingerprint density at radius 1 is 1.21 bits per heavy atom. The Hall–Kier alpha value is -0.820. The molecule has 2 N–H and O–H groups in total. The topological polar surface area (TPSA) is 39.7 Å². The number of hydrogen-bond acceptors (Lipinski definition) is 2. The van der Waals surface area contributed by atoms with Crippen molar-refractivity contribution in [3.8, 4) is 0 Å². The number of aliphatic imine (C=N–C) groups is 1. The monoisotopic (exact) mass is 442 g/mol. The van der Waals surface area contributed by atoms with E-state index < -0.39 is 0 Å². The van der Waals surface area contributed by atoms with Crippen molar-refractivity contribution in [3.05, 3.63) is 35.9 Å². The van der Waals surface area contributed by atoms with E-state index in [2.05, 4.69) is 57.8 Å². The van der Waals surface area contributed by atoms with Crippen LogP contribution in [0.4, 0.5) is 0 Å². The van der Waals surface area contributed by atoms with Gasteiger partial charge in [0.25, 0.3) is 0 Å². The van der Waals surface area contributed by atoms with Gasteiger partial charge in [-0.2, -0.15) is 0 Å². The molecule has 1 aromatic carbocycles. The minimum absolute atomic E-state index is 0. The molecule has 1 saturated carbocycles. The number of likely N-dealkylation sites (N-methyl/N-ethyl adjacent to an activating group) is 1. The fourth-order valence-electron chi connectivity index (χ4n) is 3.79. The Morgan fingerprint density at radius 3 is 2.67 bits per heavy atom. The average Bonchev–Trinajstić information content (AvgIpc) is 3.24. The first kappa shape index (κ1) is 19.5. The van der Waals surface area contributed by atoms with Crippen LogP contribution in [0.5, 0.6) is 0 Å². The Balaban J connectivity index is 0.00000208. The number of guanidine groups is 1. The molecule has 0 spiro atoms. The van der Waals surface area contributed by atoms with Crippen molar-refractivity contribution in [1.29, 1.82) is 0 Å². The van der Waals surface area contributed by atoms with Crippen LogP contribution in [0.3, 0.4) is 0 Å². The number of rotatable bonds is 6. The van der Waals surface area contributed by atoms with E-state index in [1.54, 1.807) is 0 Å². The largest absolute Gasteiger partial charge is 0.356 e. The Labute approximate surface area is 163 Å². The molecular formula is C19H31IN4. The van der Waals surface area contributed by atoms with Gasteiger partial charge in [-0.05, 0) is 49.8 Å². The standard InChI is InChI=1S/C19H30N4.HI/c1-3-23-11-7-10-17(23)14-22-19(20-2)21-13-16-12-18(16)15-8-5-4-6-9-15;/h4-6,8-9,16-18H,3,7,10-14H2,1-2H3,(H2,20,21,22);1H. The molecule has 3 unspecified atom stereocenters. The molecule has 3 rings (SSSR count). The molecule has 3 atom stereocenters. The molecule has 1 saturated heterocycles. The number of hydrogen-bond donors (Lipinski definition) is 2. The minimum atomic E-state index is 0. The van der Waals surface area contributed by atoms with Crippen LogP contribution in [0.2, 0.25) is 0 Å². The summed E-state index contributed by atoms with van der Waals surface area (Å²) in [5.41, 5.74) is 1.48. The lowest BCUT2D eigenvalue weighted by atomic mass is 10.1. The zero-order valence-electron chi connectivity index (χ0n) is 14.9. The van der Waals surface area contributed by atoms with Crippen molar-refractivity contribution >= 4 is 29.9 Å². The molecule has 1 heterocycles. The molecule has 0 aromatic heterocycles. The van der Waals surface area contributed by atoms with Crippen LogP contribution in [-0.4, -0.2) is 50.1 Å². The van der Waals surface area contributed by atoms with Crippen molar-refractivity contribution in [2.45, 2.75) is 38.1 Å². The number of nitrogens with zero attached hydrogens (tertiary/aromatic N) is 2. The highest BCUT2D eigenvalue weighted by molar-refractivity contribution is 14.0.